The first kappa shape index (κ1) is 60.0. The second-order valence-electron chi connectivity index (χ2n) is 29.8. The Kier molecular flexibility index (Phi) is 14.5. The van der Waals surface area contributed by atoms with Gasteiger partial charge >= 0.3 is 0 Å². The number of hydrogen-bond acceptors (Lipinski definition) is 6. The lowest BCUT2D eigenvalue weighted by atomic mass is 9.78. The molecule has 5 aliphatic rings. The first-order valence-electron chi connectivity index (χ1n) is 33.1. The van der Waals surface area contributed by atoms with Crippen LogP contribution in [0.1, 0.15) is 164 Å². The Bertz CT molecular complexity index is 4860. The molecule has 10 aromatic rings. The lowest BCUT2D eigenvalue weighted by Gasteiger charge is -2.26. The summed E-state index contributed by atoms with van der Waals surface area (Å²) >= 11 is 0. The van der Waals surface area contributed by atoms with Gasteiger partial charge in [0, 0.05) is 77.5 Å². The summed E-state index contributed by atoms with van der Waals surface area (Å²) in [6.07, 6.45) is 18.9. The molecule has 4 aromatic carbocycles. The number of H-pyrrole nitrogens is 4. The molecule has 11 heterocycles. The molecule has 10 nitrogen and oxygen atoms in total. The summed E-state index contributed by atoms with van der Waals surface area (Å²) in [5.41, 5.74) is 27.8. The summed E-state index contributed by atoms with van der Waals surface area (Å²) in [5.74, 6) is 1.56. The van der Waals surface area contributed by atoms with E-state index in [0.717, 1.165) is 170 Å². The van der Waals surface area contributed by atoms with E-state index >= 15 is 0 Å². The van der Waals surface area contributed by atoms with Gasteiger partial charge in [-0.1, -0.05) is 144 Å². The number of benzene rings is 4. The molecule has 468 valence electrons. The molecule has 15 rings (SSSR count). The quantitative estimate of drug-likeness (QED) is 0.136. The van der Waals surface area contributed by atoms with Crippen molar-refractivity contribution in [2.75, 3.05) is 13.2 Å². The van der Waals surface area contributed by atoms with Crippen LogP contribution in [-0.4, -0.2) is 53.1 Å². The van der Waals surface area contributed by atoms with Crippen LogP contribution in [0.5, 0.6) is 11.5 Å². The van der Waals surface area contributed by atoms with Crippen LogP contribution in [0.4, 0.5) is 0 Å². The van der Waals surface area contributed by atoms with Crippen molar-refractivity contribution >= 4 is 92.7 Å². The fraction of sp³-hybridized carbons (Fsp3) is 0.238. The van der Waals surface area contributed by atoms with Gasteiger partial charge in [0.1, 0.15) is 11.5 Å². The monoisotopic (exact) mass is 1230 g/mol. The molecule has 4 N–H and O–H groups in total. The zero-order valence-electron chi connectivity index (χ0n) is 55.9. The fourth-order valence-corrected chi connectivity index (χ4v) is 13.4. The molecule has 0 amide bonds. The average Bonchev–Trinajstić information content (AvgIpc) is 1.55. The molecule has 0 fully saturated rings. The minimum absolute atomic E-state index is 0.140. The van der Waals surface area contributed by atoms with Crippen molar-refractivity contribution in [2.24, 2.45) is 0 Å². The third-order valence-electron chi connectivity index (χ3n) is 18.6. The maximum atomic E-state index is 6.58. The first-order valence-corrected chi connectivity index (χ1v) is 33.1. The van der Waals surface area contributed by atoms with Crippen LogP contribution in [0, 0.1) is 0 Å². The van der Waals surface area contributed by atoms with Crippen molar-refractivity contribution in [3.63, 3.8) is 0 Å². The summed E-state index contributed by atoms with van der Waals surface area (Å²) in [6.45, 7) is 28.6. The molecule has 0 atom stereocenters. The maximum Gasteiger partial charge on any atom is 0.119 e. The van der Waals surface area contributed by atoms with Crippen molar-refractivity contribution in [3.05, 3.63) is 213 Å². The highest BCUT2D eigenvalue weighted by atomic mass is 16.5. The molecule has 0 unspecified atom stereocenters. The summed E-state index contributed by atoms with van der Waals surface area (Å²) in [4.78, 5) is 38.6. The lowest BCUT2D eigenvalue weighted by molar-refractivity contribution is 0.266. The van der Waals surface area contributed by atoms with Crippen LogP contribution in [0.3, 0.4) is 0 Å². The Labute approximate surface area is 550 Å². The molecule has 0 saturated heterocycles. The lowest BCUT2D eigenvalue weighted by Crippen LogP contribution is -2.16. The predicted octanol–water partition coefficient (Wildman–Crippen LogP) is 21.7. The van der Waals surface area contributed by atoms with Gasteiger partial charge in [-0.25, -0.2) is 19.9 Å². The first-order chi connectivity index (χ1) is 45.0. The largest absolute Gasteiger partial charge is 0.494 e. The average molecular weight is 1230 g/mol. The summed E-state index contributed by atoms with van der Waals surface area (Å²) in [5, 5.41) is 0. The standard InChI is InChI=1S/C84H80N8O2/c1-81(2,3)53-39-51(40-54(45-53)82(4,5)6)77-65-27-23-59(87-65)47-57-21-25-63(85-57)75-49-17-15-19-61(43-49)93-37-13-14-38-94-62-20-16-18-50(44-62)76-64-26-22-58(86-64)48-60-24-28-66(88-60)78(52-41-55(83(7,8)9)46-56(42-52)84(10,11)12)70-32-36-74(92-70)80(72-34-30-68(76)90-72)79(71-33-29-67(75)89-71)73-35-31-69(77)91-73/h15-36,39-48,85-86,91-92H,13-14,37-38H2,1-12H3. The maximum absolute atomic E-state index is 6.58. The van der Waals surface area contributed by atoms with Gasteiger partial charge in [-0.15, -0.1) is 0 Å². The molecular formula is C84H80N8O2. The van der Waals surface area contributed by atoms with Gasteiger partial charge in [0.15, 0.2) is 0 Å². The second-order valence-corrected chi connectivity index (χ2v) is 29.8. The van der Waals surface area contributed by atoms with Crippen LogP contribution < -0.4 is 9.47 Å². The minimum Gasteiger partial charge on any atom is -0.494 e. The number of nitrogens with zero attached hydrogens (tertiary/aromatic N) is 4. The molecule has 5 aliphatic heterocycles. The Morgan fingerprint density at radius 3 is 0.968 bits per heavy atom. The molecule has 0 radical (unpaired) electrons. The highest BCUT2D eigenvalue weighted by Gasteiger charge is 2.28. The van der Waals surface area contributed by atoms with Crippen molar-refractivity contribution in [2.45, 2.75) is 118 Å². The fourth-order valence-electron chi connectivity index (χ4n) is 13.4. The number of fused-ring (bicyclic) bond motifs is 23. The van der Waals surface area contributed by atoms with Crippen LogP contribution in [0.2, 0.25) is 0 Å². The van der Waals surface area contributed by atoms with Gasteiger partial charge in [-0.3, -0.25) is 0 Å². The number of hydrogen-bond donors (Lipinski definition) is 4. The Balaban J connectivity index is 1.14. The summed E-state index contributed by atoms with van der Waals surface area (Å²) in [7, 11) is 0. The number of rotatable bonds is 2. The molecule has 0 spiro atoms. The Morgan fingerprint density at radius 1 is 0.287 bits per heavy atom. The normalized spacial score (nSPS) is 14.0. The number of aromatic nitrogens is 8. The minimum atomic E-state index is -0.140. The van der Waals surface area contributed by atoms with Gasteiger partial charge in [0.05, 0.1) is 58.8 Å². The smallest absolute Gasteiger partial charge is 0.119 e. The Hall–Kier alpha value is -10.3. The predicted molar refractivity (Wildman–Crippen MR) is 393 cm³/mol. The van der Waals surface area contributed by atoms with E-state index in [1.807, 2.05) is 12.1 Å². The van der Waals surface area contributed by atoms with Crippen LogP contribution >= 0.6 is 0 Å². The third-order valence-corrected chi connectivity index (χ3v) is 18.6. The van der Waals surface area contributed by atoms with Crippen molar-refractivity contribution < 1.29 is 9.47 Å². The van der Waals surface area contributed by atoms with E-state index < -0.39 is 0 Å². The molecule has 24 bridgehead atoms. The van der Waals surface area contributed by atoms with E-state index in [4.69, 9.17) is 29.4 Å². The molecular weight excluding hydrogens is 1150 g/mol. The topological polar surface area (TPSA) is 133 Å². The highest BCUT2D eigenvalue weighted by molar-refractivity contribution is 6.05. The van der Waals surface area contributed by atoms with Crippen LogP contribution in [-0.2, 0) is 21.7 Å². The summed E-state index contributed by atoms with van der Waals surface area (Å²) in [6, 6.07) is 52.7. The summed E-state index contributed by atoms with van der Waals surface area (Å²) < 4.78 is 13.2. The van der Waals surface area contributed by atoms with Gasteiger partial charge in [0.25, 0.3) is 0 Å². The molecule has 94 heavy (non-hydrogen) atoms. The zero-order chi connectivity index (χ0) is 65.0. The number of aromatic amines is 4. The van der Waals surface area contributed by atoms with Gasteiger partial charge in [0.2, 0.25) is 0 Å². The SMILES string of the molecule is CC(C)(C)c1cc(-c2c3nc(cc4ccc([nH]4)c4c5nc(c(c6ccc2[nH]6)-c2c6nc(c(c7ccc(cc8nc(c(-c9cc(C(C)(C)C)cc(C(C)(C)C)c9)c9ccc2[nH]9)C=C8)[nH]7)-c2cccc(c2)OCCCCOc2cccc-4c2)C=C6)C=C5)C=C3)cc(C(C)(C)C)c1. The number of nitrogens with one attached hydrogen (secondary N) is 4. The van der Waals surface area contributed by atoms with E-state index in [1.54, 1.807) is 0 Å². The Morgan fingerprint density at radius 2 is 0.596 bits per heavy atom. The molecule has 0 saturated carbocycles. The van der Waals surface area contributed by atoms with E-state index in [9.17, 15) is 0 Å². The van der Waals surface area contributed by atoms with E-state index in [0.29, 0.717) is 13.2 Å². The van der Waals surface area contributed by atoms with E-state index in [1.165, 1.54) is 22.3 Å². The number of ether oxygens (including phenoxy) is 2. The molecule has 6 aromatic heterocycles. The van der Waals surface area contributed by atoms with Gasteiger partial charge in [-0.05, 0) is 213 Å². The van der Waals surface area contributed by atoms with Crippen LogP contribution in [0.15, 0.2) is 146 Å². The van der Waals surface area contributed by atoms with Crippen molar-refractivity contribution in [3.8, 4) is 67.1 Å². The van der Waals surface area contributed by atoms with Crippen molar-refractivity contribution in [1.29, 1.82) is 0 Å². The molecule has 10 heteroatoms. The van der Waals surface area contributed by atoms with Gasteiger partial charge in [-0.2, -0.15) is 0 Å². The van der Waals surface area contributed by atoms with Crippen LogP contribution in [0.25, 0.3) is 148 Å². The molecule has 0 aliphatic carbocycles. The third kappa shape index (κ3) is 11.5. The van der Waals surface area contributed by atoms with Crippen molar-refractivity contribution in [1.82, 2.24) is 39.9 Å². The second kappa shape index (κ2) is 22.8. The highest BCUT2D eigenvalue weighted by Crippen LogP contribution is 2.45. The zero-order valence-corrected chi connectivity index (χ0v) is 55.9. The van der Waals surface area contributed by atoms with Gasteiger partial charge < -0.3 is 29.4 Å². The van der Waals surface area contributed by atoms with E-state index in [-0.39, 0.29) is 21.7 Å². The van der Waals surface area contributed by atoms with E-state index in [2.05, 4.69) is 285 Å².